The van der Waals surface area contributed by atoms with Gasteiger partial charge in [-0.1, -0.05) is 0 Å². The summed E-state index contributed by atoms with van der Waals surface area (Å²) in [6.45, 7) is 2.99. The van der Waals surface area contributed by atoms with Gasteiger partial charge in [-0.15, -0.1) is 0 Å². The molecule has 0 aliphatic heterocycles. The van der Waals surface area contributed by atoms with Gasteiger partial charge in [0, 0.05) is 25.0 Å². The average molecular weight is 222 g/mol. The van der Waals surface area contributed by atoms with Crippen LogP contribution in [0.4, 0.5) is 0 Å². The smallest absolute Gasteiger partial charge is 0.105 e. The molecule has 0 saturated heterocycles. The maximum absolute atomic E-state index is 5.88. The Morgan fingerprint density at radius 3 is 2.69 bits per heavy atom. The molecule has 1 fully saturated rings. The van der Waals surface area contributed by atoms with Crippen LogP contribution in [0.15, 0.2) is 16.5 Å². The van der Waals surface area contributed by atoms with Gasteiger partial charge >= 0.3 is 0 Å². The molecule has 2 rings (SSSR count). The van der Waals surface area contributed by atoms with Crippen LogP contribution >= 0.6 is 0 Å². The molecule has 1 aromatic heterocycles. The Labute approximate surface area is 97.4 Å². The number of hydrogen-bond acceptors (Lipinski definition) is 3. The van der Waals surface area contributed by atoms with Crippen molar-refractivity contribution in [2.45, 2.75) is 51.1 Å². The van der Waals surface area contributed by atoms with E-state index >= 15 is 0 Å². The fourth-order valence-electron chi connectivity index (χ4n) is 2.34. The van der Waals surface area contributed by atoms with E-state index in [1.165, 1.54) is 12.8 Å². The molecule has 3 nitrogen and oxygen atoms in total. The summed E-state index contributed by atoms with van der Waals surface area (Å²) in [5.74, 6) is 2.08. The first-order chi connectivity index (χ1) is 7.74. The van der Waals surface area contributed by atoms with Crippen LogP contribution in [-0.4, -0.2) is 18.6 Å². The molecule has 0 radical (unpaired) electrons. The third-order valence-electron chi connectivity index (χ3n) is 3.37. The van der Waals surface area contributed by atoms with E-state index in [0.29, 0.717) is 12.1 Å². The van der Waals surface area contributed by atoms with E-state index in [-0.39, 0.29) is 0 Å². The quantitative estimate of drug-likeness (QED) is 0.819. The van der Waals surface area contributed by atoms with Gasteiger partial charge in [-0.05, 0) is 44.7 Å². The van der Waals surface area contributed by atoms with Crippen LogP contribution in [0.5, 0.6) is 0 Å². The van der Waals surface area contributed by atoms with E-state index in [2.05, 4.69) is 11.4 Å². The lowest BCUT2D eigenvalue weighted by Gasteiger charge is -2.26. The van der Waals surface area contributed by atoms with Crippen LogP contribution in [0.1, 0.15) is 37.2 Å². The van der Waals surface area contributed by atoms with Crippen LogP contribution < -0.4 is 11.1 Å². The van der Waals surface area contributed by atoms with Crippen molar-refractivity contribution in [3.05, 3.63) is 23.7 Å². The van der Waals surface area contributed by atoms with Crippen molar-refractivity contribution in [3.63, 3.8) is 0 Å². The summed E-state index contributed by atoms with van der Waals surface area (Å²) < 4.78 is 5.53. The zero-order valence-electron chi connectivity index (χ0n) is 10.0. The molecule has 0 bridgehead atoms. The van der Waals surface area contributed by atoms with E-state index in [1.807, 2.05) is 13.0 Å². The SMILES string of the molecule is Cc1ccc(CCNC2CCC(N)CC2)o1. The van der Waals surface area contributed by atoms with Crippen LogP contribution in [0.3, 0.4) is 0 Å². The first kappa shape index (κ1) is 11.7. The van der Waals surface area contributed by atoms with Gasteiger partial charge in [-0.25, -0.2) is 0 Å². The van der Waals surface area contributed by atoms with Crippen LogP contribution in [-0.2, 0) is 6.42 Å². The Hall–Kier alpha value is -0.800. The number of aryl methyl sites for hydroxylation is 1. The Kier molecular flexibility index (Phi) is 4.02. The summed E-state index contributed by atoms with van der Waals surface area (Å²) in [5.41, 5.74) is 5.88. The number of nitrogens with one attached hydrogen (secondary N) is 1. The second-order valence-electron chi connectivity index (χ2n) is 4.83. The third-order valence-corrected chi connectivity index (χ3v) is 3.37. The highest BCUT2D eigenvalue weighted by Gasteiger charge is 2.17. The first-order valence-corrected chi connectivity index (χ1v) is 6.28. The molecule has 1 aromatic rings. The predicted molar refractivity (Wildman–Crippen MR) is 65.4 cm³/mol. The lowest BCUT2D eigenvalue weighted by atomic mass is 9.92. The Balaban J connectivity index is 1.64. The van der Waals surface area contributed by atoms with E-state index in [1.54, 1.807) is 0 Å². The highest BCUT2D eigenvalue weighted by atomic mass is 16.3. The molecule has 1 saturated carbocycles. The van der Waals surface area contributed by atoms with Gasteiger partial charge in [0.1, 0.15) is 11.5 Å². The minimum atomic E-state index is 0.436. The average Bonchev–Trinajstić information content (AvgIpc) is 2.67. The standard InChI is InChI=1S/C13H22N2O/c1-10-2-7-13(16-10)8-9-15-12-5-3-11(14)4-6-12/h2,7,11-12,15H,3-6,8-9,14H2,1H3. The Morgan fingerprint density at radius 2 is 2.06 bits per heavy atom. The van der Waals surface area contributed by atoms with Gasteiger partial charge in [0.15, 0.2) is 0 Å². The van der Waals surface area contributed by atoms with E-state index in [4.69, 9.17) is 10.2 Å². The zero-order valence-corrected chi connectivity index (χ0v) is 10.0. The van der Waals surface area contributed by atoms with Gasteiger partial charge in [-0.3, -0.25) is 0 Å². The van der Waals surface area contributed by atoms with E-state index < -0.39 is 0 Å². The molecule has 1 heterocycles. The van der Waals surface area contributed by atoms with Crippen molar-refractivity contribution in [1.29, 1.82) is 0 Å². The molecule has 0 unspecified atom stereocenters. The molecule has 0 aromatic carbocycles. The highest BCUT2D eigenvalue weighted by molar-refractivity contribution is 5.05. The number of rotatable bonds is 4. The maximum Gasteiger partial charge on any atom is 0.105 e. The molecule has 3 heteroatoms. The van der Waals surface area contributed by atoms with Crippen molar-refractivity contribution < 1.29 is 4.42 Å². The molecule has 16 heavy (non-hydrogen) atoms. The van der Waals surface area contributed by atoms with Crippen molar-refractivity contribution in [2.75, 3.05) is 6.54 Å². The fourth-order valence-corrected chi connectivity index (χ4v) is 2.34. The minimum Gasteiger partial charge on any atom is -0.466 e. The fraction of sp³-hybridized carbons (Fsp3) is 0.692. The monoisotopic (exact) mass is 222 g/mol. The predicted octanol–water partition coefficient (Wildman–Crippen LogP) is 1.99. The van der Waals surface area contributed by atoms with Gasteiger partial charge in [0.25, 0.3) is 0 Å². The van der Waals surface area contributed by atoms with Gasteiger partial charge in [-0.2, -0.15) is 0 Å². The van der Waals surface area contributed by atoms with Crippen molar-refractivity contribution in [3.8, 4) is 0 Å². The molecule has 90 valence electrons. The van der Waals surface area contributed by atoms with Crippen LogP contribution in [0, 0.1) is 6.92 Å². The summed E-state index contributed by atoms with van der Waals surface area (Å²) in [5, 5.41) is 3.58. The zero-order chi connectivity index (χ0) is 11.4. The Morgan fingerprint density at radius 1 is 1.31 bits per heavy atom. The molecule has 1 aliphatic rings. The maximum atomic E-state index is 5.88. The second kappa shape index (κ2) is 5.51. The number of hydrogen-bond donors (Lipinski definition) is 2. The molecule has 0 amide bonds. The van der Waals surface area contributed by atoms with E-state index in [0.717, 1.165) is 37.3 Å². The summed E-state index contributed by atoms with van der Waals surface area (Å²) in [7, 11) is 0. The normalized spacial score (nSPS) is 25.9. The van der Waals surface area contributed by atoms with Crippen LogP contribution in [0.2, 0.25) is 0 Å². The third kappa shape index (κ3) is 3.35. The molecular weight excluding hydrogens is 200 g/mol. The number of furan rings is 1. The molecule has 3 N–H and O–H groups in total. The minimum absolute atomic E-state index is 0.436. The largest absolute Gasteiger partial charge is 0.466 e. The molecule has 1 aliphatic carbocycles. The second-order valence-corrected chi connectivity index (χ2v) is 4.83. The lowest BCUT2D eigenvalue weighted by molar-refractivity contribution is 0.341. The highest BCUT2D eigenvalue weighted by Crippen LogP contribution is 2.16. The first-order valence-electron chi connectivity index (χ1n) is 6.28. The van der Waals surface area contributed by atoms with Crippen LogP contribution in [0.25, 0.3) is 0 Å². The Bertz CT molecular complexity index is 313. The van der Waals surface area contributed by atoms with Crippen molar-refractivity contribution >= 4 is 0 Å². The summed E-state index contributed by atoms with van der Waals surface area (Å²) in [6, 6.07) is 5.18. The molecule has 0 spiro atoms. The summed E-state index contributed by atoms with van der Waals surface area (Å²) in [4.78, 5) is 0. The van der Waals surface area contributed by atoms with Gasteiger partial charge in [0.05, 0.1) is 0 Å². The summed E-state index contributed by atoms with van der Waals surface area (Å²) >= 11 is 0. The lowest BCUT2D eigenvalue weighted by Crippen LogP contribution is -2.38. The number of nitrogens with two attached hydrogens (primary N) is 1. The van der Waals surface area contributed by atoms with Gasteiger partial charge in [0.2, 0.25) is 0 Å². The molecular formula is C13H22N2O. The van der Waals surface area contributed by atoms with Crippen molar-refractivity contribution in [1.82, 2.24) is 5.32 Å². The van der Waals surface area contributed by atoms with E-state index in [9.17, 15) is 0 Å². The van der Waals surface area contributed by atoms with Gasteiger partial charge < -0.3 is 15.5 Å². The molecule has 0 atom stereocenters. The summed E-state index contributed by atoms with van der Waals surface area (Å²) in [6.07, 6.45) is 5.75. The van der Waals surface area contributed by atoms with Crippen molar-refractivity contribution in [2.24, 2.45) is 5.73 Å². The topological polar surface area (TPSA) is 51.2 Å².